The number of anilines is 5. The lowest BCUT2D eigenvalue weighted by atomic mass is 9.53. The van der Waals surface area contributed by atoms with Crippen molar-refractivity contribution in [3.63, 3.8) is 0 Å². The zero-order valence-electron chi connectivity index (χ0n) is 39.4. The van der Waals surface area contributed by atoms with E-state index in [4.69, 9.17) is 0 Å². The minimum Gasteiger partial charge on any atom is -0.334 e. The largest absolute Gasteiger partial charge is 0.334 e. The van der Waals surface area contributed by atoms with Crippen molar-refractivity contribution in [1.82, 2.24) is 0 Å². The summed E-state index contributed by atoms with van der Waals surface area (Å²) in [6, 6.07) is 39.3. The van der Waals surface area contributed by atoms with E-state index in [1.54, 1.807) is 11.1 Å². The number of fused-ring (bicyclic) bond motifs is 6. The number of rotatable bonds is 14. The molecule has 5 aromatic rings. The number of allylic oxidation sites excluding steroid dienone is 1. The molecule has 0 bridgehead atoms. The Morgan fingerprint density at radius 2 is 1.21 bits per heavy atom. The molecule has 0 aliphatic heterocycles. The molecule has 8 rings (SSSR count). The van der Waals surface area contributed by atoms with E-state index in [2.05, 4.69) is 182 Å². The fourth-order valence-corrected chi connectivity index (χ4v) is 12.6. The van der Waals surface area contributed by atoms with Gasteiger partial charge in [-0.3, -0.25) is 0 Å². The second kappa shape index (κ2) is 17.7. The highest BCUT2D eigenvalue weighted by Gasteiger charge is 2.57. The van der Waals surface area contributed by atoms with Gasteiger partial charge in [-0.25, -0.2) is 0 Å². The lowest BCUT2D eigenvalue weighted by Crippen LogP contribution is -2.46. The Kier molecular flexibility index (Phi) is 12.5. The minimum atomic E-state index is 0.0223. The van der Waals surface area contributed by atoms with Crippen molar-refractivity contribution in [3.8, 4) is 11.1 Å². The molecule has 0 N–H and O–H groups in total. The fourth-order valence-electron chi connectivity index (χ4n) is 12.6. The maximum Gasteiger partial charge on any atom is 0.0574 e. The summed E-state index contributed by atoms with van der Waals surface area (Å²) in [6.07, 6.45) is 16.8. The van der Waals surface area contributed by atoms with Gasteiger partial charge in [0, 0.05) is 33.6 Å². The van der Waals surface area contributed by atoms with E-state index in [1.165, 1.54) is 131 Å². The van der Waals surface area contributed by atoms with Gasteiger partial charge in [0.15, 0.2) is 0 Å². The minimum absolute atomic E-state index is 0.0223. The Morgan fingerprint density at radius 1 is 0.623 bits per heavy atom. The summed E-state index contributed by atoms with van der Waals surface area (Å²) >= 11 is 0. The summed E-state index contributed by atoms with van der Waals surface area (Å²) in [7, 11) is 0. The van der Waals surface area contributed by atoms with Gasteiger partial charge in [-0.2, -0.15) is 0 Å². The standard InChI is InChI=1S/C59H74N2/c1-11-16-18-47-36-42(8)57(43(9)37-47)61(49-25-21-45(14-4)22-26-49)51-28-30-53-52-29-27-50(38-54(52)58(10)32-17-33-59(58,31-12-2)55(53)39-51)60(48-23-19-44(13-3)20-24-48)56-40(6)34-46(15-5)35-41(56)7/h19-30,34,36-39,41,46,56H,11-18,31-33,35H2,1-10H3/t41?,46?,56?,58-,59+/m0/s1. The fraction of sp³-hybridized carbons (Fsp3) is 0.458. The number of unbranched alkanes of at least 4 members (excludes halogenated alkanes) is 1. The van der Waals surface area contributed by atoms with Crippen LogP contribution in [0.5, 0.6) is 0 Å². The monoisotopic (exact) mass is 811 g/mol. The SMILES string of the molecule is CCCCc1cc(C)c(N(c2ccc(CC)cc2)c2ccc3c(c2)[C@@]2(CCC)CCC[C@@]2(C)c2cc(N(c4ccc(CC)cc4)C4C(C)=CC(CC)CC4C)ccc2-3)c(C)c1. The summed E-state index contributed by atoms with van der Waals surface area (Å²) in [4.78, 5) is 5.31. The third kappa shape index (κ3) is 7.59. The van der Waals surface area contributed by atoms with Crippen LogP contribution in [0.4, 0.5) is 28.4 Å². The maximum atomic E-state index is 2.72. The van der Waals surface area contributed by atoms with Crippen molar-refractivity contribution < 1.29 is 0 Å². The molecule has 0 spiro atoms. The van der Waals surface area contributed by atoms with Crippen molar-refractivity contribution in [2.24, 2.45) is 11.8 Å². The molecule has 3 aliphatic carbocycles. The van der Waals surface area contributed by atoms with Crippen molar-refractivity contribution in [2.75, 3.05) is 9.80 Å². The van der Waals surface area contributed by atoms with Crippen LogP contribution in [0.1, 0.15) is 152 Å². The Hall–Kier alpha value is -4.56. The quantitative estimate of drug-likeness (QED) is 0.103. The molecule has 0 saturated heterocycles. The Balaban J connectivity index is 1.32. The normalized spacial score (nSPS) is 22.9. The van der Waals surface area contributed by atoms with Crippen LogP contribution in [-0.4, -0.2) is 6.04 Å². The predicted molar refractivity (Wildman–Crippen MR) is 265 cm³/mol. The van der Waals surface area contributed by atoms with Gasteiger partial charge in [0.05, 0.1) is 11.7 Å². The first-order valence-electron chi connectivity index (χ1n) is 24.4. The van der Waals surface area contributed by atoms with Crippen LogP contribution in [0.3, 0.4) is 0 Å². The highest BCUT2D eigenvalue weighted by atomic mass is 15.2. The predicted octanol–water partition coefficient (Wildman–Crippen LogP) is 16.9. The average Bonchev–Trinajstić information content (AvgIpc) is 3.62. The van der Waals surface area contributed by atoms with Gasteiger partial charge >= 0.3 is 0 Å². The van der Waals surface area contributed by atoms with Gasteiger partial charge in [0.25, 0.3) is 0 Å². The topological polar surface area (TPSA) is 6.48 Å². The summed E-state index contributed by atoms with van der Waals surface area (Å²) in [5.74, 6) is 1.22. The van der Waals surface area contributed by atoms with Crippen LogP contribution >= 0.6 is 0 Å². The van der Waals surface area contributed by atoms with E-state index in [1.807, 2.05) is 0 Å². The lowest BCUT2D eigenvalue weighted by molar-refractivity contribution is 0.251. The molecule has 0 radical (unpaired) electrons. The molecule has 1 saturated carbocycles. The Labute approximate surface area is 370 Å². The molecule has 2 nitrogen and oxygen atoms in total. The highest BCUT2D eigenvalue weighted by Crippen LogP contribution is 2.65. The van der Waals surface area contributed by atoms with E-state index in [-0.39, 0.29) is 10.8 Å². The molecular weight excluding hydrogens is 737 g/mol. The molecule has 5 atom stereocenters. The molecule has 1 fully saturated rings. The van der Waals surface area contributed by atoms with Crippen LogP contribution in [-0.2, 0) is 30.1 Å². The number of aryl methyl sites for hydroxylation is 5. The number of hydrogen-bond donors (Lipinski definition) is 0. The number of nitrogens with zero attached hydrogens (tertiary/aromatic N) is 2. The molecular formula is C59H74N2. The second-order valence-corrected chi connectivity index (χ2v) is 19.6. The molecule has 320 valence electrons. The molecule has 5 aromatic carbocycles. The van der Waals surface area contributed by atoms with Gasteiger partial charge in [-0.05, 0) is 189 Å². The van der Waals surface area contributed by atoms with Crippen LogP contribution in [0.15, 0.2) is 109 Å². The first-order chi connectivity index (χ1) is 29.5. The third-order valence-electron chi connectivity index (χ3n) is 15.8. The summed E-state index contributed by atoms with van der Waals surface area (Å²) in [5, 5.41) is 0. The number of hydrogen-bond acceptors (Lipinski definition) is 2. The average molecular weight is 811 g/mol. The highest BCUT2D eigenvalue weighted by molar-refractivity contribution is 5.87. The Morgan fingerprint density at radius 3 is 1.80 bits per heavy atom. The molecule has 2 heteroatoms. The second-order valence-electron chi connectivity index (χ2n) is 19.6. The Bertz CT molecular complexity index is 2340. The van der Waals surface area contributed by atoms with Gasteiger partial charge in [-0.1, -0.05) is 128 Å². The molecule has 3 aliphatic rings. The molecule has 0 heterocycles. The number of benzene rings is 5. The van der Waals surface area contributed by atoms with E-state index >= 15 is 0 Å². The van der Waals surface area contributed by atoms with Crippen molar-refractivity contribution in [1.29, 1.82) is 0 Å². The van der Waals surface area contributed by atoms with Crippen LogP contribution in [0.2, 0.25) is 0 Å². The summed E-state index contributed by atoms with van der Waals surface area (Å²) in [6.45, 7) is 23.8. The molecule has 0 amide bonds. The zero-order chi connectivity index (χ0) is 43.1. The van der Waals surface area contributed by atoms with Gasteiger partial charge in [-0.15, -0.1) is 0 Å². The molecule has 61 heavy (non-hydrogen) atoms. The van der Waals surface area contributed by atoms with Gasteiger partial charge in [0.1, 0.15) is 0 Å². The van der Waals surface area contributed by atoms with Crippen molar-refractivity contribution >= 4 is 28.4 Å². The first-order valence-corrected chi connectivity index (χ1v) is 24.4. The van der Waals surface area contributed by atoms with Gasteiger partial charge in [0.2, 0.25) is 0 Å². The van der Waals surface area contributed by atoms with Crippen LogP contribution in [0.25, 0.3) is 11.1 Å². The van der Waals surface area contributed by atoms with E-state index in [0.29, 0.717) is 17.9 Å². The van der Waals surface area contributed by atoms with Gasteiger partial charge < -0.3 is 9.80 Å². The molecule has 3 unspecified atom stereocenters. The summed E-state index contributed by atoms with van der Waals surface area (Å²) in [5.41, 5.74) is 21.0. The maximum absolute atomic E-state index is 2.72. The molecule has 0 aromatic heterocycles. The van der Waals surface area contributed by atoms with Crippen molar-refractivity contribution in [2.45, 2.75) is 163 Å². The van der Waals surface area contributed by atoms with Crippen molar-refractivity contribution in [3.05, 3.63) is 148 Å². The first kappa shape index (κ1) is 43.1. The van der Waals surface area contributed by atoms with Crippen LogP contribution in [0, 0.1) is 25.7 Å². The smallest absolute Gasteiger partial charge is 0.0574 e. The van der Waals surface area contributed by atoms with E-state index < -0.39 is 0 Å². The third-order valence-corrected chi connectivity index (χ3v) is 15.8. The van der Waals surface area contributed by atoms with Crippen LogP contribution < -0.4 is 9.80 Å². The lowest BCUT2D eigenvalue weighted by Gasteiger charge is -2.51. The zero-order valence-corrected chi connectivity index (χ0v) is 39.4. The van der Waals surface area contributed by atoms with E-state index in [0.717, 1.165) is 19.3 Å². The van der Waals surface area contributed by atoms with E-state index in [9.17, 15) is 0 Å². The summed E-state index contributed by atoms with van der Waals surface area (Å²) < 4.78 is 0.